The summed E-state index contributed by atoms with van der Waals surface area (Å²) in [6, 6.07) is 18.0. The first-order valence-corrected chi connectivity index (χ1v) is 17.4. The molecule has 4 rings (SSSR count). The lowest BCUT2D eigenvalue weighted by Gasteiger charge is -2.31. The van der Waals surface area contributed by atoms with Gasteiger partial charge in [-0.2, -0.15) is 0 Å². The summed E-state index contributed by atoms with van der Waals surface area (Å²) in [6.07, 6.45) is 3.98. The van der Waals surface area contributed by atoms with Crippen molar-refractivity contribution >= 4 is 25.8 Å². The lowest BCUT2D eigenvalue weighted by Crippen LogP contribution is -2.42. The molecule has 212 valence electrons. The van der Waals surface area contributed by atoms with Crippen molar-refractivity contribution in [2.75, 3.05) is 24.6 Å². The van der Waals surface area contributed by atoms with Gasteiger partial charge >= 0.3 is 0 Å². The minimum absolute atomic E-state index is 0.0588. The zero-order valence-corrected chi connectivity index (χ0v) is 24.6. The lowest BCUT2D eigenvalue weighted by molar-refractivity contribution is -0.135. The second-order valence-corrected chi connectivity index (χ2v) is 15.7. The zero-order valence-electron chi connectivity index (χ0n) is 23.6. The van der Waals surface area contributed by atoms with E-state index >= 15 is 0 Å². The third kappa shape index (κ3) is 7.57. The van der Waals surface area contributed by atoms with Crippen molar-refractivity contribution in [1.82, 2.24) is 4.90 Å². The Morgan fingerprint density at radius 3 is 2.51 bits per heavy atom. The quantitative estimate of drug-likeness (QED) is 0.400. The van der Waals surface area contributed by atoms with Crippen molar-refractivity contribution in [3.63, 3.8) is 0 Å². The van der Waals surface area contributed by atoms with E-state index in [1.807, 2.05) is 60.5 Å². The van der Waals surface area contributed by atoms with Crippen molar-refractivity contribution in [2.45, 2.75) is 82.8 Å². The number of anilines is 1. The highest BCUT2D eigenvalue weighted by Gasteiger charge is 2.50. The summed E-state index contributed by atoms with van der Waals surface area (Å²) in [5.74, 6) is 0.258. The fraction of sp³-hybridized carbons (Fsp3) is 0.548. The van der Waals surface area contributed by atoms with E-state index in [9.17, 15) is 19.5 Å². The molecule has 0 saturated carbocycles. The van der Waals surface area contributed by atoms with E-state index in [0.717, 1.165) is 49.0 Å². The summed E-state index contributed by atoms with van der Waals surface area (Å²) in [7, 11) is -2.62. The molecule has 39 heavy (non-hydrogen) atoms. The van der Waals surface area contributed by atoms with Crippen LogP contribution >= 0.6 is 0 Å². The van der Waals surface area contributed by atoms with Crippen molar-refractivity contribution in [3.05, 3.63) is 65.7 Å². The minimum atomic E-state index is -2.62. The Morgan fingerprint density at radius 2 is 1.82 bits per heavy atom. The van der Waals surface area contributed by atoms with Crippen molar-refractivity contribution < 1.29 is 24.2 Å². The Hall–Kier alpha value is -2.52. The largest absolute Gasteiger partial charge is 0.432 e. The van der Waals surface area contributed by atoms with Crippen LogP contribution in [0.25, 0.3) is 0 Å². The van der Waals surface area contributed by atoms with Gasteiger partial charge in [0, 0.05) is 37.3 Å². The molecule has 0 bridgehead atoms. The maximum absolute atomic E-state index is 13.4. The van der Waals surface area contributed by atoms with Crippen LogP contribution in [0.1, 0.15) is 50.2 Å². The first kappa shape index (κ1) is 29.5. The lowest BCUT2D eigenvalue weighted by atomic mass is 9.94. The highest BCUT2D eigenvalue weighted by Crippen LogP contribution is 2.45. The molecule has 2 saturated heterocycles. The number of aliphatic hydroxyl groups is 1. The van der Waals surface area contributed by atoms with Crippen LogP contribution in [0.15, 0.2) is 54.6 Å². The molecule has 7 nitrogen and oxygen atoms in total. The Labute approximate surface area is 233 Å². The molecule has 2 aromatic rings. The van der Waals surface area contributed by atoms with E-state index in [4.69, 9.17) is 4.74 Å². The van der Waals surface area contributed by atoms with Crippen LogP contribution in [0.5, 0.6) is 0 Å². The minimum Gasteiger partial charge on any atom is -0.432 e. The molecule has 2 fully saturated rings. The molecule has 2 amide bonds. The third-order valence-corrected chi connectivity index (χ3v) is 10.8. The monoisotopic (exact) mass is 552 g/mol. The van der Waals surface area contributed by atoms with Crippen LogP contribution in [0, 0.1) is 5.92 Å². The fourth-order valence-electron chi connectivity index (χ4n) is 6.39. The molecule has 0 radical (unpaired) electrons. The SMILES string of the molecule is C[C@@H]1[C@@H]([Si](C)(C)O)[C@H](CC(=O)N(CCO)Cc2ccccc2)O[C@@H]1CCc1cccc(N2CCCCC2=O)c1. The van der Waals surface area contributed by atoms with Gasteiger partial charge < -0.3 is 24.4 Å². The van der Waals surface area contributed by atoms with Gasteiger partial charge in [0.25, 0.3) is 0 Å². The second kappa shape index (κ2) is 13.2. The van der Waals surface area contributed by atoms with Crippen molar-refractivity contribution in [1.29, 1.82) is 0 Å². The van der Waals surface area contributed by atoms with E-state index in [0.29, 0.717) is 13.0 Å². The van der Waals surface area contributed by atoms with Gasteiger partial charge in [0.05, 0.1) is 25.2 Å². The summed E-state index contributed by atoms with van der Waals surface area (Å²) in [5, 5.41) is 9.61. The Morgan fingerprint density at radius 1 is 1.08 bits per heavy atom. The molecule has 0 aliphatic carbocycles. The maximum Gasteiger partial charge on any atom is 0.226 e. The predicted molar refractivity (Wildman–Crippen MR) is 156 cm³/mol. The summed E-state index contributed by atoms with van der Waals surface area (Å²) in [4.78, 5) is 40.6. The van der Waals surface area contributed by atoms with Crippen molar-refractivity contribution in [3.8, 4) is 0 Å². The Kier molecular flexibility index (Phi) is 9.99. The number of nitrogens with zero attached hydrogens (tertiary/aromatic N) is 2. The number of aryl methyl sites for hydroxylation is 1. The number of carbonyl (C=O) groups is 2. The van der Waals surface area contributed by atoms with Gasteiger partial charge in [-0.1, -0.05) is 49.4 Å². The molecule has 0 aromatic heterocycles. The molecule has 2 aromatic carbocycles. The molecule has 4 atom stereocenters. The summed E-state index contributed by atoms with van der Waals surface area (Å²) in [5.41, 5.74) is 3.08. The molecule has 0 spiro atoms. The number of carbonyl (C=O) groups excluding carboxylic acids is 2. The average molecular weight is 553 g/mol. The number of rotatable bonds is 11. The number of aliphatic hydroxyl groups excluding tert-OH is 1. The Balaban J connectivity index is 1.42. The Bertz CT molecular complexity index is 1110. The predicted octanol–water partition coefficient (Wildman–Crippen LogP) is 4.52. The third-order valence-electron chi connectivity index (χ3n) is 8.30. The maximum atomic E-state index is 13.4. The molecule has 2 aliphatic rings. The number of benzene rings is 2. The van der Waals surface area contributed by atoms with Gasteiger partial charge in [-0.15, -0.1) is 0 Å². The number of piperidine rings is 1. The van der Waals surface area contributed by atoms with Gasteiger partial charge in [-0.05, 0) is 68.0 Å². The standard InChI is InChI=1S/C31H44N2O5Si/c1-23-27(16-15-24-12-9-13-26(20-24)33-17-8-7-14-29(33)35)38-28(31(23)39(2,3)37)21-30(36)32(18-19-34)22-25-10-5-4-6-11-25/h4-6,9-13,20,23,27-28,31,34,37H,7-8,14-19,21-22H2,1-3H3/t23-,27+,28-,31+/m0/s1. The van der Waals surface area contributed by atoms with Gasteiger partial charge in [0.1, 0.15) is 0 Å². The fourth-order valence-corrected chi connectivity index (χ4v) is 9.00. The van der Waals surface area contributed by atoms with E-state index < -0.39 is 8.32 Å². The summed E-state index contributed by atoms with van der Waals surface area (Å²) in [6.45, 7) is 7.39. The van der Waals surface area contributed by atoms with E-state index in [2.05, 4.69) is 19.1 Å². The zero-order chi connectivity index (χ0) is 28.0. The normalized spacial score (nSPS) is 23.7. The molecular weight excluding hydrogens is 508 g/mol. The van der Waals surface area contributed by atoms with Crippen LogP contribution in [0.2, 0.25) is 18.6 Å². The molecular formula is C31H44N2O5Si. The van der Waals surface area contributed by atoms with Gasteiger partial charge in [-0.3, -0.25) is 9.59 Å². The topological polar surface area (TPSA) is 90.3 Å². The van der Waals surface area contributed by atoms with Crippen LogP contribution in [0.3, 0.4) is 0 Å². The molecule has 8 heteroatoms. The highest BCUT2D eigenvalue weighted by atomic mass is 28.4. The second-order valence-electron chi connectivity index (χ2n) is 11.7. The average Bonchev–Trinajstić information content (AvgIpc) is 3.23. The first-order chi connectivity index (χ1) is 18.7. The molecule has 2 aliphatic heterocycles. The number of hydrogen-bond acceptors (Lipinski definition) is 5. The molecule has 0 unspecified atom stereocenters. The van der Waals surface area contributed by atoms with E-state index in [1.54, 1.807) is 4.90 Å². The van der Waals surface area contributed by atoms with Gasteiger partial charge in [0.15, 0.2) is 8.32 Å². The summed E-state index contributed by atoms with van der Waals surface area (Å²) >= 11 is 0. The molecule has 2 heterocycles. The summed E-state index contributed by atoms with van der Waals surface area (Å²) < 4.78 is 6.55. The number of amides is 2. The first-order valence-electron chi connectivity index (χ1n) is 14.4. The van der Waals surface area contributed by atoms with E-state index in [-0.39, 0.29) is 55.1 Å². The smallest absolute Gasteiger partial charge is 0.226 e. The van der Waals surface area contributed by atoms with Crippen LogP contribution in [-0.4, -0.2) is 66.8 Å². The highest BCUT2D eigenvalue weighted by molar-refractivity contribution is 6.71. The number of ether oxygens (including phenoxy) is 1. The molecule has 2 N–H and O–H groups in total. The van der Waals surface area contributed by atoms with Crippen LogP contribution in [0.4, 0.5) is 5.69 Å². The van der Waals surface area contributed by atoms with Crippen molar-refractivity contribution in [2.24, 2.45) is 5.92 Å². The number of hydrogen-bond donors (Lipinski definition) is 2. The van der Waals surface area contributed by atoms with Gasteiger partial charge in [0.2, 0.25) is 11.8 Å². The van der Waals surface area contributed by atoms with Crippen LogP contribution < -0.4 is 4.90 Å². The van der Waals surface area contributed by atoms with Gasteiger partial charge in [-0.25, -0.2) is 0 Å². The van der Waals surface area contributed by atoms with E-state index in [1.165, 1.54) is 0 Å². The van der Waals surface area contributed by atoms with Crippen LogP contribution in [-0.2, 0) is 27.3 Å².